The van der Waals surface area contributed by atoms with Crippen LogP contribution in [-0.4, -0.2) is 49.5 Å². The molecule has 0 radical (unpaired) electrons. The largest absolute Gasteiger partial charge is 0.350 e. The molecular formula is C27H39N3O4S. The van der Waals surface area contributed by atoms with Crippen LogP contribution >= 0.6 is 0 Å². The van der Waals surface area contributed by atoms with E-state index in [-0.39, 0.29) is 18.4 Å². The normalized spacial score (nSPS) is 12.8. The van der Waals surface area contributed by atoms with Gasteiger partial charge in [-0.05, 0) is 57.7 Å². The Labute approximate surface area is 210 Å². The minimum absolute atomic E-state index is 0.0608. The molecule has 0 saturated heterocycles. The van der Waals surface area contributed by atoms with Gasteiger partial charge in [0.25, 0.3) is 0 Å². The Balaban J connectivity index is 2.46. The number of carbonyl (C=O) groups excluding carboxylic acids is 2. The molecule has 0 fully saturated rings. The van der Waals surface area contributed by atoms with E-state index in [0.717, 1.165) is 27.3 Å². The number of rotatable bonds is 9. The first-order valence-corrected chi connectivity index (χ1v) is 13.7. The molecule has 0 saturated carbocycles. The van der Waals surface area contributed by atoms with Gasteiger partial charge >= 0.3 is 0 Å². The smallest absolute Gasteiger partial charge is 0.244 e. The Morgan fingerprint density at radius 2 is 1.54 bits per heavy atom. The van der Waals surface area contributed by atoms with Gasteiger partial charge in [0.2, 0.25) is 21.8 Å². The van der Waals surface area contributed by atoms with Gasteiger partial charge in [-0.15, -0.1) is 0 Å². The average molecular weight is 502 g/mol. The molecule has 0 heterocycles. The molecule has 0 aliphatic carbocycles. The molecule has 192 valence electrons. The number of aryl methyl sites for hydroxylation is 1. The van der Waals surface area contributed by atoms with Crippen LogP contribution in [0.4, 0.5) is 5.69 Å². The predicted molar refractivity (Wildman–Crippen MR) is 142 cm³/mol. The lowest BCUT2D eigenvalue weighted by molar-refractivity contribution is -0.140. The molecule has 0 aliphatic heterocycles. The highest BCUT2D eigenvalue weighted by molar-refractivity contribution is 7.92. The molecule has 0 aromatic heterocycles. The molecule has 1 N–H and O–H groups in total. The summed E-state index contributed by atoms with van der Waals surface area (Å²) in [5.41, 5.74) is 2.76. The summed E-state index contributed by atoms with van der Waals surface area (Å²) < 4.78 is 26.8. The summed E-state index contributed by atoms with van der Waals surface area (Å²) in [4.78, 5) is 28.1. The number of benzene rings is 2. The zero-order valence-electron chi connectivity index (χ0n) is 22.1. The van der Waals surface area contributed by atoms with Gasteiger partial charge in [-0.3, -0.25) is 13.9 Å². The minimum atomic E-state index is -3.77. The number of hydrogen-bond acceptors (Lipinski definition) is 4. The Kier molecular flexibility index (Phi) is 9.11. The number of anilines is 1. The third-order valence-electron chi connectivity index (χ3n) is 5.65. The summed E-state index contributed by atoms with van der Waals surface area (Å²) in [5.74, 6) is -0.691. The third-order valence-corrected chi connectivity index (χ3v) is 6.77. The third kappa shape index (κ3) is 8.09. The van der Waals surface area contributed by atoms with Crippen LogP contribution in [0.25, 0.3) is 0 Å². The van der Waals surface area contributed by atoms with E-state index in [9.17, 15) is 18.0 Å². The van der Waals surface area contributed by atoms with Crippen LogP contribution in [0.15, 0.2) is 48.5 Å². The van der Waals surface area contributed by atoms with E-state index in [1.54, 1.807) is 19.1 Å². The molecule has 1 atom stereocenters. The van der Waals surface area contributed by atoms with Gasteiger partial charge in [0.15, 0.2) is 0 Å². The Bertz CT molecular complexity index is 1140. The Morgan fingerprint density at radius 3 is 2.06 bits per heavy atom. The van der Waals surface area contributed by atoms with E-state index in [0.29, 0.717) is 5.69 Å². The summed E-state index contributed by atoms with van der Waals surface area (Å²) in [5, 5.41) is 2.92. The van der Waals surface area contributed by atoms with Crippen molar-refractivity contribution in [1.29, 1.82) is 0 Å². The van der Waals surface area contributed by atoms with Crippen LogP contribution in [0.1, 0.15) is 64.2 Å². The second-order valence-corrected chi connectivity index (χ2v) is 12.3. The second kappa shape index (κ2) is 11.2. The molecule has 0 spiro atoms. The van der Waals surface area contributed by atoms with Crippen molar-refractivity contribution in [2.75, 3.05) is 17.1 Å². The zero-order chi connectivity index (χ0) is 26.6. The van der Waals surface area contributed by atoms with Gasteiger partial charge < -0.3 is 10.2 Å². The highest BCUT2D eigenvalue weighted by Crippen LogP contribution is 2.29. The zero-order valence-corrected chi connectivity index (χ0v) is 22.9. The fourth-order valence-corrected chi connectivity index (χ4v) is 4.61. The molecule has 2 aromatic rings. The number of para-hydroxylation sites is 1. The topological polar surface area (TPSA) is 86.8 Å². The lowest BCUT2D eigenvalue weighted by Gasteiger charge is -2.33. The molecule has 0 aliphatic rings. The van der Waals surface area contributed by atoms with E-state index in [2.05, 4.69) is 5.32 Å². The maximum Gasteiger partial charge on any atom is 0.244 e. The fourth-order valence-electron chi connectivity index (χ4n) is 3.74. The van der Waals surface area contributed by atoms with E-state index >= 15 is 0 Å². The van der Waals surface area contributed by atoms with Crippen molar-refractivity contribution in [2.45, 2.75) is 72.5 Å². The molecule has 35 heavy (non-hydrogen) atoms. The number of sulfonamides is 1. The summed E-state index contributed by atoms with van der Waals surface area (Å²) >= 11 is 0. The van der Waals surface area contributed by atoms with Crippen LogP contribution in [-0.2, 0) is 26.2 Å². The first kappa shape index (κ1) is 28.4. The van der Waals surface area contributed by atoms with Crippen molar-refractivity contribution >= 4 is 27.5 Å². The average Bonchev–Trinajstić information content (AvgIpc) is 2.74. The number of hydrogen-bond donors (Lipinski definition) is 1. The maximum absolute atomic E-state index is 13.7. The Morgan fingerprint density at radius 1 is 0.971 bits per heavy atom. The summed E-state index contributed by atoms with van der Waals surface area (Å²) in [6.07, 6.45) is 1.09. The lowest BCUT2D eigenvalue weighted by Crippen LogP contribution is -2.54. The van der Waals surface area contributed by atoms with Crippen LogP contribution in [0.2, 0.25) is 0 Å². The van der Waals surface area contributed by atoms with Crippen LogP contribution < -0.4 is 9.62 Å². The van der Waals surface area contributed by atoms with Gasteiger partial charge in [0, 0.05) is 12.1 Å². The molecular weight excluding hydrogens is 462 g/mol. The number of amides is 2. The molecule has 0 bridgehead atoms. The molecule has 8 heteroatoms. The minimum Gasteiger partial charge on any atom is -0.350 e. The summed E-state index contributed by atoms with van der Waals surface area (Å²) in [6, 6.07) is 14.1. The SMILES string of the molecule is Cc1ccc(CN(C(=O)CN(c2ccccc2C(C)C)S(C)(=O)=O)C(C)C(=O)NC(C)(C)C)cc1. The first-order valence-electron chi connectivity index (χ1n) is 11.8. The van der Waals surface area contributed by atoms with Crippen LogP contribution in [0.3, 0.4) is 0 Å². The fraction of sp³-hybridized carbons (Fsp3) is 0.481. The van der Waals surface area contributed by atoms with E-state index in [1.807, 2.05) is 77.9 Å². The van der Waals surface area contributed by atoms with Crippen molar-refractivity contribution in [3.63, 3.8) is 0 Å². The molecule has 2 rings (SSSR count). The van der Waals surface area contributed by atoms with Crippen molar-refractivity contribution in [3.8, 4) is 0 Å². The number of nitrogens with zero attached hydrogens (tertiary/aromatic N) is 2. The van der Waals surface area contributed by atoms with Gasteiger partial charge in [-0.1, -0.05) is 61.9 Å². The van der Waals surface area contributed by atoms with Crippen molar-refractivity contribution in [1.82, 2.24) is 10.2 Å². The summed E-state index contributed by atoms with van der Waals surface area (Å²) in [7, 11) is -3.77. The number of carbonyl (C=O) groups is 2. The van der Waals surface area contributed by atoms with E-state index in [4.69, 9.17) is 0 Å². The van der Waals surface area contributed by atoms with Gasteiger partial charge in [-0.2, -0.15) is 0 Å². The molecule has 7 nitrogen and oxygen atoms in total. The molecule has 2 aromatic carbocycles. The second-order valence-electron chi connectivity index (χ2n) is 10.4. The van der Waals surface area contributed by atoms with Crippen molar-refractivity contribution in [3.05, 3.63) is 65.2 Å². The lowest BCUT2D eigenvalue weighted by atomic mass is 10.0. The highest BCUT2D eigenvalue weighted by atomic mass is 32.2. The van der Waals surface area contributed by atoms with Crippen LogP contribution in [0.5, 0.6) is 0 Å². The van der Waals surface area contributed by atoms with Crippen LogP contribution in [0, 0.1) is 6.92 Å². The Hall–Kier alpha value is -2.87. The van der Waals surface area contributed by atoms with E-state index in [1.165, 1.54) is 4.90 Å². The predicted octanol–water partition coefficient (Wildman–Crippen LogP) is 4.22. The molecule has 1 unspecified atom stereocenters. The quantitative estimate of drug-likeness (QED) is 0.557. The van der Waals surface area contributed by atoms with Gasteiger partial charge in [-0.25, -0.2) is 8.42 Å². The van der Waals surface area contributed by atoms with Crippen molar-refractivity contribution in [2.24, 2.45) is 0 Å². The highest BCUT2D eigenvalue weighted by Gasteiger charge is 2.32. The van der Waals surface area contributed by atoms with Gasteiger partial charge in [0.05, 0.1) is 11.9 Å². The van der Waals surface area contributed by atoms with E-state index < -0.39 is 34.1 Å². The van der Waals surface area contributed by atoms with Crippen molar-refractivity contribution < 1.29 is 18.0 Å². The van der Waals surface area contributed by atoms with Gasteiger partial charge in [0.1, 0.15) is 12.6 Å². The maximum atomic E-state index is 13.7. The first-order chi connectivity index (χ1) is 16.1. The standard InChI is InChI=1S/C27H39N3O4S/c1-19(2)23-11-9-10-12-24(23)30(35(8,33)34)18-25(31)29(17-22-15-13-20(3)14-16-22)21(4)26(32)28-27(5,6)7/h9-16,19,21H,17-18H2,1-8H3,(H,28,32). The number of nitrogens with one attached hydrogen (secondary N) is 1. The summed E-state index contributed by atoms with van der Waals surface area (Å²) in [6.45, 7) is 13.0. The monoisotopic (exact) mass is 501 g/mol. The molecule has 2 amide bonds.